The Morgan fingerprint density at radius 2 is 1.46 bits per heavy atom. The molecule has 1 saturated carbocycles. The van der Waals surface area contributed by atoms with E-state index in [9.17, 15) is 14.9 Å². The lowest BCUT2D eigenvalue weighted by Crippen LogP contribution is -2.12. The number of rotatable bonds is 5. The second-order valence-corrected chi connectivity index (χ2v) is 6.48. The maximum Gasteiger partial charge on any atom is 0.269 e. The van der Waals surface area contributed by atoms with E-state index in [1.165, 1.54) is 12.1 Å². The average Bonchev–Trinajstić information content (AvgIpc) is 2.71. The second-order valence-electron chi connectivity index (χ2n) is 6.48. The number of non-ortho nitro benzene ring substituents is 1. The summed E-state index contributed by atoms with van der Waals surface area (Å²) >= 11 is 0. The molecule has 0 atom stereocenters. The highest BCUT2D eigenvalue weighted by Crippen LogP contribution is 2.31. The van der Waals surface area contributed by atoms with Crippen molar-refractivity contribution in [2.24, 2.45) is 0 Å². The number of methoxy groups -OCH3 is 2. The number of hydrogen-bond donors (Lipinski definition) is 0. The Hall–Kier alpha value is -3.41. The van der Waals surface area contributed by atoms with E-state index < -0.39 is 4.92 Å². The van der Waals surface area contributed by atoms with Gasteiger partial charge in [-0.2, -0.15) is 0 Å². The maximum atomic E-state index is 12.9. The first-order valence-corrected chi connectivity index (χ1v) is 8.94. The van der Waals surface area contributed by atoms with Crippen LogP contribution in [0.1, 0.15) is 30.4 Å². The Morgan fingerprint density at radius 3 is 2.04 bits per heavy atom. The van der Waals surface area contributed by atoms with Gasteiger partial charge in [-0.05, 0) is 66.8 Å². The van der Waals surface area contributed by atoms with E-state index in [1.54, 1.807) is 26.4 Å². The molecule has 2 aromatic rings. The topological polar surface area (TPSA) is 78.7 Å². The first-order chi connectivity index (χ1) is 13.5. The number of Topliss-reactive ketones (excluding diaryl/α,β-unsaturated/α-hetero) is 1. The molecule has 0 amide bonds. The number of allylic oxidation sites excluding steroid dienone is 2. The molecule has 0 aliphatic heterocycles. The zero-order valence-electron chi connectivity index (χ0n) is 15.8. The van der Waals surface area contributed by atoms with Crippen LogP contribution >= 0.6 is 0 Å². The number of carbonyl (C=O) groups is 1. The number of carbonyl (C=O) groups excluding carboxylic acids is 1. The molecular formula is C22H21NO5. The molecule has 1 aliphatic rings. The van der Waals surface area contributed by atoms with Crippen LogP contribution in [0, 0.1) is 10.1 Å². The third kappa shape index (κ3) is 4.28. The molecule has 1 aliphatic carbocycles. The zero-order chi connectivity index (χ0) is 20.1. The van der Waals surface area contributed by atoms with Gasteiger partial charge in [-0.1, -0.05) is 6.07 Å². The predicted molar refractivity (Wildman–Crippen MR) is 107 cm³/mol. The molecule has 0 spiro atoms. The predicted octanol–water partition coefficient (Wildman–Crippen LogP) is 4.83. The van der Waals surface area contributed by atoms with Crippen molar-refractivity contribution in [3.8, 4) is 11.5 Å². The van der Waals surface area contributed by atoms with Gasteiger partial charge in [0.1, 0.15) is 0 Å². The van der Waals surface area contributed by atoms with E-state index in [0.717, 1.165) is 23.1 Å². The highest BCUT2D eigenvalue weighted by Gasteiger charge is 2.20. The summed E-state index contributed by atoms with van der Waals surface area (Å²) in [7, 11) is 3.15. The first-order valence-electron chi connectivity index (χ1n) is 8.94. The quantitative estimate of drug-likeness (QED) is 0.422. The molecule has 0 saturated heterocycles. The third-order valence-electron chi connectivity index (χ3n) is 4.67. The molecule has 0 N–H and O–H groups in total. The van der Waals surface area contributed by atoms with Crippen LogP contribution in [0.25, 0.3) is 12.2 Å². The smallest absolute Gasteiger partial charge is 0.269 e. The Kier molecular flexibility index (Phi) is 5.89. The summed E-state index contributed by atoms with van der Waals surface area (Å²) in [4.78, 5) is 23.2. The SMILES string of the molecule is COc1ccc(/C=C2\CCC/C(=C\c3ccc([N+](=O)[O-])cc3)C2=O)cc1OC. The lowest BCUT2D eigenvalue weighted by atomic mass is 9.87. The monoisotopic (exact) mass is 379 g/mol. The lowest BCUT2D eigenvalue weighted by molar-refractivity contribution is -0.384. The van der Waals surface area contributed by atoms with Crippen molar-refractivity contribution in [2.45, 2.75) is 19.3 Å². The summed E-state index contributed by atoms with van der Waals surface area (Å²) in [5.74, 6) is 1.26. The summed E-state index contributed by atoms with van der Waals surface area (Å²) in [5, 5.41) is 10.8. The summed E-state index contributed by atoms with van der Waals surface area (Å²) < 4.78 is 10.6. The largest absolute Gasteiger partial charge is 0.493 e. The van der Waals surface area contributed by atoms with Gasteiger partial charge in [0.15, 0.2) is 17.3 Å². The second kappa shape index (κ2) is 8.52. The van der Waals surface area contributed by atoms with Crippen LogP contribution in [-0.2, 0) is 4.79 Å². The molecule has 144 valence electrons. The van der Waals surface area contributed by atoms with Crippen LogP contribution in [0.4, 0.5) is 5.69 Å². The van der Waals surface area contributed by atoms with Gasteiger partial charge in [0.25, 0.3) is 5.69 Å². The minimum Gasteiger partial charge on any atom is -0.493 e. The number of ether oxygens (including phenoxy) is 2. The van der Waals surface area contributed by atoms with Crippen LogP contribution in [-0.4, -0.2) is 24.9 Å². The number of nitrogens with zero attached hydrogens (tertiary/aromatic N) is 1. The van der Waals surface area contributed by atoms with Crippen molar-refractivity contribution in [2.75, 3.05) is 14.2 Å². The lowest BCUT2D eigenvalue weighted by Gasteiger charge is -2.17. The Morgan fingerprint density at radius 1 is 0.893 bits per heavy atom. The standard InChI is InChI=1S/C22H21NO5/c1-27-20-11-8-16(14-21(20)28-2)13-18-5-3-4-17(22(18)24)12-15-6-9-19(10-7-15)23(25)26/h6-14H,3-5H2,1-2H3/b17-12+,18-13+. The van der Waals surface area contributed by atoms with Gasteiger partial charge in [0.2, 0.25) is 0 Å². The fraction of sp³-hybridized carbons (Fsp3) is 0.227. The number of hydrogen-bond acceptors (Lipinski definition) is 5. The average molecular weight is 379 g/mol. The van der Waals surface area contributed by atoms with Gasteiger partial charge in [-0.3, -0.25) is 14.9 Å². The number of ketones is 1. The molecule has 28 heavy (non-hydrogen) atoms. The normalized spacial score (nSPS) is 17.0. The van der Waals surface area contributed by atoms with Gasteiger partial charge in [0, 0.05) is 23.3 Å². The Labute approximate surface area is 163 Å². The molecule has 6 heteroatoms. The van der Waals surface area contributed by atoms with Gasteiger partial charge >= 0.3 is 0 Å². The van der Waals surface area contributed by atoms with Crippen molar-refractivity contribution in [1.82, 2.24) is 0 Å². The van der Waals surface area contributed by atoms with Crippen molar-refractivity contribution < 1.29 is 19.2 Å². The Balaban J connectivity index is 1.85. The van der Waals surface area contributed by atoms with Crippen molar-refractivity contribution in [3.05, 3.63) is 74.9 Å². The molecule has 0 bridgehead atoms. The molecule has 0 unspecified atom stereocenters. The summed E-state index contributed by atoms with van der Waals surface area (Å²) in [6.07, 6.45) is 5.98. The molecule has 3 rings (SSSR count). The van der Waals surface area contributed by atoms with Gasteiger partial charge in [0.05, 0.1) is 19.1 Å². The van der Waals surface area contributed by atoms with E-state index in [-0.39, 0.29) is 11.5 Å². The molecular weight excluding hydrogens is 358 g/mol. The fourth-order valence-corrected chi connectivity index (χ4v) is 3.22. The molecule has 6 nitrogen and oxygen atoms in total. The molecule has 0 heterocycles. The van der Waals surface area contributed by atoms with Crippen molar-refractivity contribution in [3.63, 3.8) is 0 Å². The zero-order valence-corrected chi connectivity index (χ0v) is 15.8. The number of nitro benzene ring substituents is 1. The Bertz CT molecular complexity index is 957. The number of nitro groups is 1. The maximum absolute atomic E-state index is 12.9. The van der Waals surface area contributed by atoms with Crippen LogP contribution in [0.3, 0.4) is 0 Å². The van der Waals surface area contributed by atoms with E-state index >= 15 is 0 Å². The summed E-state index contributed by atoms with van der Waals surface area (Å²) in [5.41, 5.74) is 3.14. The summed E-state index contributed by atoms with van der Waals surface area (Å²) in [6.45, 7) is 0. The van der Waals surface area contributed by atoms with Crippen LogP contribution in [0.2, 0.25) is 0 Å². The third-order valence-corrected chi connectivity index (χ3v) is 4.67. The molecule has 2 aromatic carbocycles. The van der Waals surface area contributed by atoms with Gasteiger partial charge in [-0.25, -0.2) is 0 Å². The van der Waals surface area contributed by atoms with Crippen molar-refractivity contribution in [1.29, 1.82) is 0 Å². The van der Waals surface area contributed by atoms with Crippen LogP contribution < -0.4 is 9.47 Å². The first kappa shape index (κ1) is 19.4. The van der Waals surface area contributed by atoms with Crippen LogP contribution in [0.5, 0.6) is 11.5 Å². The molecule has 0 aromatic heterocycles. The van der Waals surface area contributed by atoms with Crippen LogP contribution in [0.15, 0.2) is 53.6 Å². The highest BCUT2D eigenvalue weighted by atomic mass is 16.6. The number of benzene rings is 2. The minimum absolute atomic E-state index is 0.0133. The molecule has 1 fully saturated rings. The highest BCUT2D eigenvalue weighted by molar-refractivity contribution is 6.14. The van der Waals surface area contributed by atoms with Gasteiger partial charge in [-0.15, -0.1) is 0 Å². The van der Waals surface area contributed by atoms with Crippen molar-refractivity contribution >= 4 is 23.6 Å². The molecule has 0 radical (unpaired) electrons. The minimum atomic E-state index is -0.438. The van der Waals surface area contributed by atoms with Gasteiger partial charge < -0.3 is 9.47 Å². The fourth-order valence-electron chi connectivity index (χ4n) is 3.22. The summed E-state index contributed by atoms with van der Waals surface area (Å²) in [6, 6.07) is 11.7. The van der Waals surface area contributed by atoms with E-state index in [4.69, 9.17) is 9.47 Å². The van der Waals surface area contributed by atoms with E-state index in [2.05, 4.69) is 0 Å². The van der Waals surface area contributed by atoms with E-state index in [1.807, 2.05) is 30.4 Å². The van der Waals surface area contributed by atoms with E-state index in [0.29, 0.717) is 29.9 Å².